The number of hydrazone groups is 1. The first-order valence-corrected chi connectivity index (χ1v) is 5.96. The molecule has 4 nitrogen and oxygen atoms in total. The molecule has 0 saturated carbocycles. The molecule has 1 heterocycles. The molecule has 0 saturated heterocycles. The van der Waals surface area contributed by atoms with E-state index in [0.29, 0.717) is 12.4 Å². The number of aryl methyl sites for hydroxylation is 2. The average Bonchev–Trinajstić information content (AvgIpc) is 2.85. The van der Waals surface area contributed by atoms with Gasteiger partial charge in [-0.1, -0.05) is 18.2 Å². The summed E-state index contributed by atoms with van der Waals surface area (Å²) in [4.78, 5) is 11.6. The number of amidine groups is 1. The molecule has 0 aromatic heterocycles. The summed E-state index contributed by atoms with van der Waals surface area (Å²) in [6.07, 6.45) is 3.84. The van der Waals surface area contributed by atoms with E-state index < -0.39 is 0 Å². The fourth-order valence-electron chi connectivity index (χ4n) is 2.51. The van der Waals surface area contributed by atoms with Crippen LogP contribution in [0.2, 0.25) is 0 Å². The van der Waals surface area contributed by atoms with E-state index in [0.717, 1.165) is 12.0 Å². The van der Waals surface area contributed by atoms with Gasteiger partial charge in [-0.25, -0.2) is 5.01 Å². The molecular weight excluding hydrogens is 214 g/mol. The predicted molar refractivity (Wildman–Crippen MR) is 65.3 cm³/mol. The van der Waals surface area contributed by atoms with Crippen LogP contribution in [0.4, 0.5) is 0 Å². The van der Waals surface area contributed by atoms with E-state index in [1.165, 1.54) is 29.0 Å². The Kier molecular flexibility index (Phi) is 2.35. The van der Waals surface area contributed by atoms with E-state index in [1.54, 1.807) is 0 Å². The molecule has 1 aromatic rings. The van der Waals surface area contributed by atoms with E-state index in [2.05, 4.69) is 23.3 Å². The molecule has 1 amide bonds. The van der Waals surface area contributed by atoms with Gasteiger partial charge in [0.15, 0.2) is 0 Å². The van der Waals surface area contributed by atoms with E-state index in [-0.39, 0.29) is 12.3 Å². The molecule has 0 bridgehead atoms. The van der Waals surface area contributed by atoms with E-state index in [4.69, 9.17) is 5.73 Å². The highest BCUT2D eigenvalue weighted by Gasteiger charge is 2.22. The molecule has 0 atom stereocenters. The van der Waals surface area contributed by atoms with E-state index in [1.807, 2.05) is 0 Å². The number of hydrogen-bond acceptors (Lipinski definition) is 3. The summed E-state index contributed by atoms with van der Waals surface area (Å²) in [6, 6.07) is 6.45. The maximum atomic E-state index is 11.6. The monoisotopic (exact) mass is 229 g/mol. The molecule has 1 aromatic carbocycles. The van der Waals surface area contributed by atoms with Gasteiger partial charge >= 0.3 is 0 Å². The van der Waals surface area contributed by atoms with Gasteiger partial charge in [-0.3, -0.25) is 4.79 Å². The molecule has 0 unspecified atom stereocenters. The molecular formula is C13H15N3O. The minimum atomic E-state index is -0.0111. The number of carbonyl (C=O) groups excluding carboxylic acids is 1. The minimum absolute atomic E-state index is 0.0111. The first-order valence-electron chi connectivity index (χ1n) is 5.96. The van der Waals surface area contributed by atoms with Gasteiger partial charge in [-0.05, 0) is 36.0 Å². The first-order chi connectivity index (χ1) is 8.22. The Labute approximate surface area is 100 Å². The van der Waals surface area contributed by atoms with Gasteiger partial charge in [-0.15, -0.1) is 0 Å². The molecule has 4 heteroatoms. The second-order valence-corrected chi connectivity index (χ2v) is 4.68. The van der Waals surface area contributed by atoms with Crippen molar-refractivity contribution in [2.45, 2.75) is 32.2 Å². The maximum Gasteiger partial charge on any atom is 0.250 e. The third kappa shape index (κ3) is 1.90. The van der Waals surface area contributed by atoms with Crippen molar-refractivity contribution in [2.75, 3.05) is 0 Å². The minimum Gasteiger partial charge on any atom is -0.385 e. The fourth-order valence-corrected chi connectivity index (χ4v) is 2.51. The molecule has 3 rings (SSSR count). The SMILES string of the molecule is NC1=NN(Cc2ccc3c(c2)CCC3)C(=O)C1. The number of nitrogens with two attached hydrogens (primary N) is 1. The number of hydrogen-bond donors (Lipinski definition) is 1. The van der Waals surface area contributed by atoms with Gasteiger partial charge in [0.2, 0.25) is 0 Å². The molecule has 0 radical (unpaired) electrons. The van der Waals surface area contributed by atoms with Crippen LogP contribution < -0.4 is 5.73 Å². The summed E-state index contributed by atoms with van der Waals surface area (Å²) in [6.45, 7) is 0.535. The van der Waals surface area contributed by atoms with Gasteiger partial charge in [0, 0.05) is 0 Å². The molecule has 0 fully saturated rings. The summed E-state index contributed by atoms with van der Waals surface area (Å²) >= 11 is 0. The lowest BCUT2D eigenvalue weighted by molar-refractivity contribution is -0.129. The summed E-state index contributed by atoms with van der Waals surface area (Å²) in [5.41, 5.74) is 9.55. The van der Waals surface area contributed by atoms with Crippen LogP contribution in [0.1, 0.15) is 29.5 Å². The Morgan fingerprint density at radius 2 is 2.12 bits per heavy atom. The highest BCUT2D eigenvalue weighted by Crippen LogP contribution is 2.23. The van der Waals surface area contributed by atoms with Gasteiger partial charge in [0.05, 0.1) is 13.0 Å². The normalized spacial score (nSPS) is 18.5. The first kappa shape index (κ1) is 10.3. The van der Waals surface area contributed by atoms with Gasteiger partial charge in [-0.2, -0.15) is 5.10 Å². The zero-order valence-corrected chi connectivity index (χ0v) is 9.65. The summed E-state index contributed by atoms with van der Waals surface area (Å²) in [7, 11) is 0. The van der Waals surface area contributed by atoms with Crippen molar-refractivity contribution in [3.8, 4) is 0 Å². The van der Waals surface area contributed by atoms with Crippen molar-refractivity contribution in [2.24, 2.45) is 10.8 Å². The summed E-state index contributed by atoms with van der Waals surface area (Å²) in [5, 5.41) is 5.50. The van der Waals surface area contributed by atoms with Crippen LogP contribution in [0.25, 0.3) is 0 Å². The molecule has 88 valence electrons. The zero-order chi connectivity index (χ0) is 11.8. The van der Waals surface area contributed by atoms with Gasteiger partial charge in [0.25, 0.3) is 5.91 Å². The van der Waals surface area contributed by atoms with Crippen LogP contribution in [0, 0.1) is 0 Å². The van der Waals surface area contributed by atoms with Crippen LogP contribution in [0.5, 0.6) is 0 Å². The number of rotatable bonds is 2. The molecule has 1 aliphatic heterocycles. The molecule has 2 aliphatic rings. The largest absolute Gasteiger partial charge is 0.385 e. The predicted octanol–water partition coefficient (Wildman–Crippen LogP) is 1.18. The zero-order valence-electron chi connectivity index (χ0n) is 9.65. The Morgan fingerprint density at radius 3 is 2.88 bits per heavy atom. The molecule has 1 aliphatic carbocycles. The van der Waals surface area contributed by atoms with Crippen LogP contribution in [0.15, 0.2) is 23.3 Å². The lowest BCUT2D eigenvalue weighted by Crippen LogP contribution is -2.20. The van der Waals surface area contributed by atoms with Crippen LogP contribution in [-0.4, -0.2) is 16.8 Å². The Morgan fingerprint density at radius 1 is 1.29 bits per heavy atom. The Hall–Kier alpha value is -1.84. The number of carbonyl (C=O) groups is 1. The highest BCUT2D eigenvalue weighted by molar-refractivity contribution is 6.02. The smallest absolute Gasteiger partial charge is 0.250 e. The third-order valence-electron chi connectivity index (χ3n) is 3.36. The van der Waals surface area contributed by atoms with Crippen LogP contribution in [0.3, 0.4) is 0 Å². The fraction of sp³-hybridized carbons (Fsp3) is 0.385. The Balaban J connectivity index is 1.80. The van der Waals surface area contributed by atoms with Gasteiger partial charge < -0.3 is 5.73 Å². The van der Waals surface area contributed by atoms with Crippen molar-refractivity contribution < 1.29 is 4.79 Å². The van der Waals surface area contributed by atoms with Crippen molar-refractivity contribution in [3.05, 3.63) is 34.9 Å². The number of fused-ring (bicyclic) bond motifs is 1. The molecule has 0 spiro atoms. The van der Waals surface area contributed by atoms with Crippen molar-refractivity contribution >= 4 is 11.7 Å². The van der Waals surface area contributed by atoms with Crippen LogP contribution in [-0.2, 0) is 24.2 Å². The topological polar surface area (TPSA) is 58.7 Å². The van der Waals surface area contributed by atoms with Crippen molar-refractivity contribution in [1.82, 2.24) is 5.01 Å². The number of nitrogens with zero attached hydrogens (tertiary/aromatic N) is 2. The highest BCUT2D eigenvalue weighted by atomic mass is 16.2. The maximum absolute atomic E-state index is 11.6. The van der Waals surface area contributed by atoms with Crippen LogP contribution >= 0.6 is 0 Å². The second kappa shape index (κ2) is 3.87. The molecule has 17 heavy (non-hydrogen) atoms. The van der Waals surface area contributed by atoms with E-state index in [9.17, 15) is 4.79 Å². The standard InChI is InChI=1S/C13H15N3O/c14-12-7-13(17)16(15-12)8-9-4-5-10-2-1-3-11(10)6-9/h4-6H,1-3,7-8H2,(H2,14,15). The lowest BCUT2D eigenvalue weighted by atomic mass is 10.1. The van der Waals surface area contributed by atoms with Gasteiger partial charge in [0.1, 0.15) is 5.84 Å². The van der Waals surface area contributed by atoms with Crippen molar-refractivity contribution in [3.63, 3.8) is 0 Å². The lowest BCUT2D eigenvalue weighted by Gasteiger charge is -2.12. The quantitative estimate of drug-likeness (QED) is 0.827. The second-order valence-electron chi connectivity index (χ2n) is 4.68. The number of amides is 1. The number of benzene rings is 1. The average molecular weight is 229 g/mol. The van der Waals surface area contributed by atoms with Crippen molar-refractivity contribution in [1.29, 1.82) is 0 Å². The third-order valence-corrected chi connectivity index (χ3v) is 3.36. The molecule has 2 N–H and O–H groups in total. The summed E-state index contributed by atoms with van der Waals surface area (Å²) in [5.74, 6) is 0.402. The summed E-state index contributed by atoms with van der Waals surface area (Å²) < 4.78 is 0. The van der Waals surface area contributed by atoms with E-state index >= 15 is 0 Å². The Bertz CT molecular complexity index is 507.